The summed E-state index contributed by atoms with van der Waals surface area (Å²) in [6.45, 7) is 6.97. The highest BCUT2D eigenvalue weighted by Gasteiger charge is 2.50. The van der Waals surface area contributed by atoms with Crippen LogP contribution in [0.15, 0.2) is 12.1 Å². The smallest absolute Gasteiger partial charge is 0.143 e. The molecule has 19 heavy (non-hydrogen) atoms. The quantitative estimate of drug-likeness (QED) is 0.839. The third-order valence-electron chi connectivity index (χ3n) is 4.42. The van der Waals surface area contributed by atoms with E-state index >= 15 is 0 Å². The maximum atomic E-state index is 5.99. The van der Waals surface area contributed by atoms with E-state index in [1.807, 2.05) is 0 Å². The van der Waals surface area contributed by atoms with E-state index in [0.29, 0.717) is 5.41 Å². The number of methoxy groups -OCH3 is 1. The van der Waals surface area contributed by atoms with Gasteiger partial charge in [0.15, 0.2) is 0 Å². The minimum absolute atomic E-state index is 0.550. The number of benzene rings is 1. The number of aryl methyl sites for hydroxylation is 1. The Morgan fingerprint density at radius 3 is 2.47 bits per heavy atom. The maximum absolute atomic E-state index is 5.99. The molecule has 1 aromatic rings. The number of rotatable bonds is 3. The van der Waals surface area contributed by atoms with Crippen LogP contribution in [-0.4, -0.2) is 45.2 Å². The molecule has 2 aliphatic rings. The molecule has 1 spiro atoms. The van der Waals surface area contributed by atoms with Crippen molar-refractivity contribution in [3.8, 4) is 5.75 Å². The van der Waals surface area contributed by atoms with Crippen LogP contribution in [0.5, 0.6) is 5.75 Å². The fraction of sp³-hybridized carbons (Fsp3) is 0.600. The molecule has 2 heterocycles. The highest BCUT2D eigenvalue weighted by Crippen LogP contribution is 2.43. The van der Waals surface area contributed by atoms with Crippen LogP contribution in [0, 0.1) is 5.41 Å². The first-order chi connectivity index (χ1) is 9.07. The molecule has 2 aliphatic heterocycles. The van der Waals surface area contributed by atoms with Gasteiger partial charge in [0.25, 0.3) is 0 Å². The largest absolute Gasteiger partial charge is 0.495 e. The third kappa shape index (κ3) is 1.94. The van der Waals surface area contributed by atoms with Crippen LogP contribution in [0.4, 0.5) is 11.4 Å². The van der Waals surface area contributed by atoms with Gasteiger partial charge in [-0.05, 0) is 25.1 Å². The molecule has 104 valence electrons. The topological polar surface area (TPSA) is 41.7 Å². The number of nitrogen functional groups attached to an aromatic ring is 1. The van der Waals surface area contributed by atoms with Gasteiger partial charge in [0.2, 0.25) is 0 Å². The fourth-order valence-electron chi connectivity index (χ4n) is 3.62. The SMILES string of the molecule is CCc1cc(N)c(OC)cc1N1CC2(CN(C)C2)C1. The Morgan fingerprint density at radius 1 is 1.26 bits per heavy atom. The number of hydrogen-bond donors (Lipinski definition) is 1. The zero-order valence-corrected chi connectivity index (χ0v) is 12.1. The van der Waals surface area contributed by atoms with Crippen molar-refractivity contribution in [1.82, 2.24) is 4.90 Å². The van der Waals surface area contributed by atoms with E-state index in [9.17, 15) is 0 Å². The zero-order chi connectivity index (χ0) is 13.6. The molecule has 0 saturated carbocycles. The summed E-state index contributed by atoms with van der Waals surface area (Å²) in [5.74, 6) is 0.791. The van der Waals surface area contributed by atoms with E-state index < -0.39 is 0 Å². The van der Waals surface area contributed by atoms with Crippen LogP contribution in [0.2, 0.25) is 0 Å². The Morgan fingerprint density at radius 2 is 1.95 bits per heavy atom. The lowest BCUT2D eigenvalue weighted by Gasteiger charge is -2.60. The first-order valence-electron chi connectivity index (χ1n) is 6.97. The number of anilines is 2. The summed E-state index contributed by atoms with van der Waals surface area (Å²) in [5.41, 5.74) is 9.90. The fourth-order valence-corrected chi connectivity index (χ4v) is 3.62. The summed E-state index contributed by atoms with van der Waals surface area (Å²) in [7, 11) is 3.87. The Kier molecular flexibility index (Phi) is 2.86. The minimum Gasteiger partial charge on any atom is -0.495 e. The molecule has 0 aliphatic carbocycles. The van der Waals surface area contributed by atoms with Crippen LogP contribution in [-0.2, 0) is 6.42 Å². The van der Waals surface area contributed by atoms with Gasteiger partial charge in [0.05, 0.1) is 12.8 Å². The van der Waals surface area contributed by atoms with Crippen molar-refractivity contribution < 1.29 is 4.74 Å². The molecule has 1 aromatic carbocycles. The molecule has 0 atom stereocenters. The van der Waals surface area contributed by atoms with Crippen LogP contribution in [0.3, 0.4) is 0 Å². The highest BCUT2D eigenvalue weighted by molar-refractivity contribution is 5.68. The molecule has 2 saturated heterocycles. The summed E-state index contributed by atoms with van der Waals surface area (Å²) in [6, 6.07) is 4.16. The lowest BCUT2D eigenvalue weighted by molar-refractivity contribution is -0.00247. The van der Waals surface area contributed by atoms with Gasteiger partial charge in [-0.1, -0.05) is 6.92 Å². The molecule has 3 rings (SSSR count). The predicted octanol–water partition coefficient (Wildman–Crippen LogP) is 1.59. The second-order valence-electron chi connectivity index (χ2n) is 6.10. The maximum Gasteiger partial charge on any atom is 0.143 e. The Bertz CT molecular complexity index is 486. The number of nitrogens with zero attached hydrogens (tertiary/aromatic N) is 2. The standard InChI is InChI=1S/C15H23N3O/c1-4-11-5-12(16)14(19-3)6-13(11)18-9-15(10-18)7-17(2)8-15/h5-6H,4,7-10,16H2,1-3H3. The van der Waals surface area contributed by atoms with Gasteiger partial charge in [-0.2, -0.15) is 0 Å². The molecule has 0 radical (unpaired) electrons. The molecule has 0 unspecified atom stereocenters. The third-order valence-corrected chi connectivity index (χ3v) is 4.42. The molecular weight excluding hydrogens is 238 g/mol. The Hall–Kier alpha value is -1.42. The van der Waals surface area contributed by atoms with Crippen LogP contribution >= 0.6 is 0 Å². The minimum atomic E-state index is 0.550. The zero-order valence-electron chi connectivity index (χ0n) is 12.1. The second kappa shape index (κ2) is 4.30. The summed E-state index contributed by atoms with van der Waals surface area (Å²) < 4.78 is 5.35. The molecule has 2 fully saturated rings. The van der Waals surface area contributed by atoms with Gasteiger partial charge < -0.3 is 20.3 Å². The summed E-state index contributed by atoms with van der Waals surface area (Å²) in [5, 5.41) is 0. The average molecular weight is 261 g/mol. The van der Waals surface area contributed by atoms with Crippen LogP contribution in [0.1, 0.15) is 12.5 Å². The number of hydrogen-bond acceptors (Lipinski definition) is 4. The van der Waals surface area contributed by atoms with E-state index in [1.54, 1.807) is 7.11 Å². The first kappa shape index (κ1) is 12.6. The highest BCUT2D eigenvalue weighted by atomic mass is 16.5. The Balaban J connectivity index is 1.81. The monoisotopic (exact) mass is 261 g/mol. The van der Waals surface area contributed by atoms with Crippen molar-refractivity contribution in [2.75, 3.05) is 51.0 Å². The van der Waals surface area contributed by atoms with Crippen molar-refractivity contribution in [3.63, 3.8) is 0 Å². The lowest BCUT2D eigenvalue weighted by atomic mass is 9.73. The predicted molar refractivity (Wildman–Crippen MR) is 78.9 cm³/mol. The molecule has 0 amide bonds. The second-order valence-corrected chi connectivity index (χ2v) is 6.10. The summed E-state index contributed by atoms with van der Waals surface area (Å²) >= 11 is 0. The van der Waals surface area contributed by atoms with Gasteiger partial charge in [-0.15, -0.1) is 0 Å². The van der Waals surface area contributed by atoms with Crippen molar-refractivity contribution in [1.29, 1.82) is 0 Å². The van der Waals surface area contributed by atoms with Gasteiger partial charge in [0, 0.05) is 43.3 Å². The van der Waals surface area contributed by atoms with Gasteiger partial charge in [-0.3, -0.25) is 0 Å². The first-order valence-corrected chi connectivity index (χ1v) is 6.97. The van der Waals surface area contributed by atoms with Crippen molar-refractivity contribution >= 4 is 11.4 Å². The average Bonchev–Trinajstić information content (AvgIpc) is 2.32. The molecule has 4 nitrogen and oxygen atoms in total. The van der Waals surface area contributed by atoms with E-state index in [2.05, 4.69) is 35.9 Å². The molecule has 2 N–H and O–H groups in total. The van der Waals surface area contributed by atoms with Crippen molar-refractivity contribution in [2.24, 2.45) is 5.41 Å². The van der Waals surface area contributed by atoms with Crippen molar-refractivity contribution in [3.05, 3.63) is 17.7 Å². The number of ether oxygens (including phenoxy) is 1. The van der Waals surface area contributed by atoms with E-state index in [1.165, 1.54) is 24.3 Å². The molecule has 4 heteroatoms. The molecule has 0 aromatic heterocycles. The van der Waals surface area contributed by atoms with E-state index in [4.69, 9.17) is 10.5 Å². The van der Waals surface area contributed by atoms with Crippen molar-refractivity contribution in [2.45, 2.75) is 13.3 Å². The summed E-state index contributed by atoms with van der Waals surface area (Å²) in [6.07, 6.45) is 1.01. The van der Waals surface area contributed by atoms with Gasteiger partial charge >= 0.3 is 0 Å². The van der Waals surface area contributed by atoms with E-state index in [-0.39, 0.29) is 0 Å². The van der Waals surface area contributed by atoms with Gasteiger partial charge in [0.1, 0.15) is 5.75 Å². The van der Waals surface area contributed by atoms with Crippen LogP contribution < -0.4 is 15.4 Å². The lowest BCUT2D eigenvalue weighted by Crippen LogP contribution is -2.71. The Labute approximate surface area is 115 Å². The summed E-state index contributed by atoms with van der Waals surface area (Å²) in [4.78, 5) is 4.86. The van der Waals surface area contributed by atoms with Gasteiger partial charge in [-0.25, -0.2) is 0 Å². The van der Waals surface area contributed by atoms with E-state index in [0.717, 1.165) is 30.9 Å². The molecular formula is C15H23N3O. The normalized spacial score (nSPS) is 21.1. The van der Waals surface area contributed by atoms with Crippen LogP contribution in [0.25, 0.3) is 0 Å². The molecule has 0 bridgehead atoms. The number of likely N-dealkylation sites (tertiary alicyclic amines) is 1. The number of nitrogens with two attached hydrogens (primary N) is 1.